The van der Waals surface area contributed by atoms with Crippen molar-refractivity contribution in [2.45, 2.75) is 20.4 Å². The Morgan fingerprint density at radius 1 is 1.34 bits per heavy atom. The number of anilines is 1. The van der Waals surface area contributed by atoms with Crippen molar-refractivity contribution in [1.82, 2.24) is 19.7 Å². The molecular formula is C20H24FN5O2S. The van der Waals surface area contributed by atoms with Gasteiger partial charge in [0.1, 0.15) is 11.3 Å². The molecule has 1 aliphatic heterocycles. The van der Waals surface area contributed by atoms with Gasteiger partial charge < -0.3 is 4.74 Å². The Morgan fingerprint density at radius 3 is 2.83 bits per heavy atom. The minimum atomic E-state index is -0.378. The first kappa shape index (κ1) is 19.9. The molecule has 0 bridgehead atoms. The first-order chi connectivity index (χ1) is 14.1. The van der Waals surface area contributed by atoms with Gasteiger partial charge in [-0.1, -0.05) is 17.4 Å². The Hall–Kier alpha value is -2.36. The van der Waals surface area contributed by atoms with Gasteiger partial charge in [0.15, 0.2) is 10.8 Å². The smallest absolute Gasteiger partial charge is 0.280 e. The summed E-state index contributed by atoms with van der Waals surface area (Å²) >= 11 is 1.32. The minimum Gasteiger partial charge on any atom is -0.379 e. The van der Waals surface area contributed by atoms with Crippen LogP contribution in [0.4, 0.5) is 9.52 Å². The molecule has 154 valence electrons. The third kappa shape index (κ3) is 4.17. The van der Waals surface area contributed by atoms with Crippen LogP contribution in [-0.4, -0.2) is 65.0 Å². The number of hydrogen-bond donors (Lipinski definition) is 0. The van der Waals surface area contributed by atoms with Gasteiger partial charge in [0.05, 0.1) is 17.9 Å². The van der Waals surface area contributed by atoms with Crippen molar-refractivity contribution in [1.29, 1.82) is 0 Å². The van der Waals surface area contributed by atoms with Crippen LogP contribution >= 0.6 is 11.3 Å². The van der Waals surface area contributed by atoms with Gasteiger partial charge in [0.25, 0.3) is 5.91 Å². The van der Waals surface area contributed by atoms with E-state index in [-0.39, 0.29) is 11.7 Å². The molecule has 1 aromatic carbocycles. The summed E-state index contributed by atoms with van der Waals surface area (Å²) < 4.78 is 22.1. The zero-order chi connectivity index (χ0) is 20.4. The second-order valence-corrected chi connectivity index (χ2v) is 7.99. The SMILES string of the molecule is CCn1nc(C(=O)N(CCN2CCOCC2)c2nc3c(F)cccc3s2)cc1C. The van der Waals surface area contributed by atoms with Crippen LogP contribution in [0.5, 0.6) is 0 Å². The number of morpholine rings is 1. The summed E-state index contributed by atoms with van der Waals surface area (Å²) in [4.78, 5) is 21.7. The molecule has 0 radical (unpaired) electrons. The lowest BCUT2D eigenvalue weighted by molar-refractivity contribution is 0.0391. The van der Waals surface area contributed by atoms with E-state index < -0.39 is 0 Å². The van der Waals surface area contributed by atoms with E-state index in [0.717, 1.165) is 23.5 Å². The highest BCUT2D eigenvalue weighted by atomic mass is 32.1. The third-order valence-corrected chi connectivity index (χ3v) is 6.12. The average Bonchev–Trinajstić information content (AvgIpc) is 3.33. The maximum absolute atomic E-state index is 14.2. The minimum absolute atomic E-state index is 0.215. The van der Waals surface area contributed by atoms with Crippen molar-refractivity contribution in [3.63, 3.8) is 0 Å². The van der Waals surface area contributed by atoms with Crippen LogP contribution in [-0.2, 0) is 11.3 Å². The molecule has 0 atom stereocenters. The van der Waals surface area contributed by atoms with E-state index in [1.165, 1.54) is 17.4 Å². The number of aromatic nitrogens is 3. The summed E-state index contributed by atoms with van der Waals surface area (Å²) in [6.45, 7) is 8.82. The van der Waals surface area contributed by atoms with Gasteiger partial charge >= 0.3 is 0 Å². The molecule has 1 amide bonds. The van der Waals surface area contributed by atoms with E-state index in [1.807, 2.05) is 19.9 Å². The third-order valence-electron chi connectivity index (χ3n) is 5.08. The maximum atomic E-state index is 14.2. The van der Waals surface area contributed by atoms with E-state index in [2.05, 4.69) is 15.0 Å². The van der Waals surface area contributed by atoms with Gasteiger partial charge in [-0.05, 0) is 32.0 Å². The van der Waals surface area contributed by atoms with Crippen molar-refractivity contribution in [2.24, 2.45) is 0 Å². The molecule has 0 spiro atoms. The molecule has 0 unspecified atom stereocenters. The van der Waals surface area contributed by atoms with Gasteiger partial charge in [-0.2, -0.15) is 5.10 Å². The van der Waals surface area contributed by atoms with Crippen LogP contribution < -0.4 is 4.90 Å². The molecule has 1 aliphatic rings. The van der Waals surface area contributed by atoms with Crippen LogP contribution in [0, 0.1) is 12.7 Å². The number of fused-ring (bicyclic) bond motifs is 1. The number of amides is 1. The van der Waals surface area contributed by atoms with Crippen LogP contribution in [0.3, 0.4) is 0 Å². The van der Waals surface area contributed by atoms with Gasteiger partial charge in [0, 0.05) is 38.4 Å². The fourth-order valence-electron chi connectivity index (χ4n) is 3.44. The van der Waals surface area contributed by atoms with Crippen molar-refractivity contribution < 1.29 is 13.9 Å². The number of nitrogens with zero attached hydrogens (tertiary/aromatic N) is 5. The molecule has 3 aromatic rings. The van der Waals surface area contributed by atoms with E-state index in [0.29, 0.717) is 49.2 Å². The van der Waals surface area contributed by atoms with Gasteiger partial charge in [-0.25, -0.2) is 9.37 Å². The average molecular weight is 418 g/mol. The standard InChI is InChI=1S/C20H24FN5O2S/c1-3-26-14(2)13-16(23-26)19(27)25(8-7-24-9-11-28-12-10-24)20-22-18-15(21)5-4-6-17(18)29-20/h4-6,13H,3,7-12H2,1-2H3. The quantitative estimate of drug-likeness (QED) is 0.617. The second-order valence-electron chi connectivity index (χ2n) is 6.98. The van der Waals surface area contributed by atoms with E-state index >= 15 is 0 Å². The molecular weight excluding hydrogens is 393 g/mol. The Labute approximate surface area is 172 Å². The topological polar surface area (TPSA) is 63.5 Å². The van der Waals surface area contributed by atoms with Crippen molar-refractivity contribution in [2.75, 3.05) is 44.3 Å². The molecule has 0 aliphatic carbocycles. The first-order valence-corrected chi connectivity index (χ1v) is 10.6. The van der Waals surface area contributed by atoms with Crippen LogP contribution in [0.1, 0.15) is 23.1 Å². The molecule has 1 saturated heterocycles. The highest BCUT2D eigenvalue weighted by Crippen LogP contribution is 2.31. The number of ether oxygens (including phenoxy) is 1. The van der Waals surface area contributed by atoms with Gasteiger partial charge in [-0.3, -0.25) is 19.3 Å². The molecule has 0 saturated carbocycles. The molecule has 4 rings (SSSR count). The lowest BCUT2D eigenvalue weighted by Gasteiger charge is -2.29. The number of carbonyl (C=O) groups is 1. The second kappa shape index (κ2) is 8.56. The predicted octanol–water partition coefficient (Wildman–Crippen LogP) is 2.94. The predicted molar refractivity (Wildman–Crippen MR) is 111 cm³/mol. The number of para-hydroxylation sites is 1. The number of thiazole rings is 1. The van der Waals surface area contributed by atoms with Crippen LogP contribution in [0.25, 0.3) is 10.2 Å². The maximum Gasteiger partial charge on any atom is 0.280 e. The summed E-state index contributed by atoms with van der Waals surface area (Å²) in [7, 11) is 0. The molecule has 9 heteroatoms. The molecule has 0 N–H and O–H groups in total. The number of rotatable bonds is 6. The number of aryl methyl sites for hydroxylation is 2. The summed E-state index contributed by atoms with van der Waals surface area (Å²) in [6.07, 6.45) is 0. The van der Waals surface area contributed by atoms with Crippen molar-refractivity contribution in [3.05, 3.63) is 41.5 Å². The normalized spacial score (nSPS) is 15.1. The van der Waals surface area contributed by atoms with Crippen molar-refractivity contribution in [3.8, 4) is 0 Å². The lowest BCUT2D eigenvalue weighted by atomic mass is 10.3. The first-order valence-electron chi connectivity index (χ1n) is 9.78. The Balaban J connectivity index is 1.65. The number of benzene rings is 1. The fourth-order valence-corrected chi connectivity index (χ4v) is 4.45. The Bertz CT molecular complexity index is 1010. The van der Waals surface area contributed by atoms with Crippen LogP contribution in [0.15, 0.2) is 24.3 Å². The summed E-state index contributed by atoms with van der Waals surface area (Å²) in [5, 5.41) is 4.93. The number of halogens is 1. The molecule has 2 aromatic heterocycles. The molecule has 3 heterocycles. The zero-order valence-electron chi connectivity index (χ0n) is 16.6. The largest absolute Gasteiger partial charge is 0.379 e. The highest BCUT2D eigenvalue weighted by Gasteiger charge is 2.25. The zero-order valence-corrected chi connectivity index (χ0v) is 17.4. The molecule has 1 fully saturated rings. The summed E-state index contributed by atoms with van der Waals surface area (Å²) in [5.41, 5.74) is 1.61. The van der Waals surface area contributed by atoms with Crippen LogP contribution in [0.2, 0.25) is 0 Å². The van der Waals surface area contributed by atoms with Crippen molar-refractivity contribution >= 4 is 32.6 Å². The van der Waals surface area contributed by atoms with E-state index in [1.54, 1.807) is 21.7 Å². The fraction of sp³-hybridized carbons (Fsp3) is 0.450. The molecule has 7 nitrogen and oxygen atoms in total. The number of carbonyl (C=O) groups excluding carboxylic acids is 1. The Kier molecular flexibility index (Phi) is 5.89. The van der Waals surface area contributed by atoms with E-state index in [4.69, 9.17) is 4.74 Å². The van der Waals surface area contributed by atoms with Gasteiger partial charge in [-0.15, -0.1) is 0 Å². The van der Waals surface area contributed by atoms with Gasteiger partial charge in [0.2, 0.25) is 0 Å². The summed E-state index contributed by atoms with van der Waals surface area (Å²) in [6, 6.07) is 6.66. The van der Waals surface area contributed by atoms with E-state index in [9.17, 15) is 9.18 Å². The summed E-state index contributed by atoms with van der Waals surface area (Å²) in [5.74, 6) is -0.593. The Morgan fingerprint density at radius 2 is 2.14 bits per heavy atom. The monoisotopic (exact) mass is 417 g/mol. The molecule has 29 heavy (non-hydrogen) atoms. The highest BCUT2D eigenvalue weighted by molar-refractivity contribution is 7.22. The number of hydrogen-bond acceptors (Lipinski definition) is 6. The lowest BCUT2D eigenvalue weighted by Crippen LogP contribution is -2.43.